The van der Waals surface area contributed by atoms with Crippen LogP contribution in [0, 0.1) is 0 Å². The van der Waals surface area contributed by atoms with Crippen molar-refractivity contribution >= 4 is 18.0 Å². The van der Waals surface area contributed by atoms with Gasteiger partial charge < -0.3 is 25.2 Å². The minimum Gasteiger partial charge on any atom is -0.479 e. The second-order valence-corrected chi connectivity index (χ2v) is 9.11. The third-order valence-corrected chi connectivity index (χ3v) is 6.69. The number of carboxylic acid groups (broad SMARTS) is 1. The number of alkyl carbamates (subject to hydrolysis) is 1. The summed E-state index contributed by atoms with van der Waals surface area (Å²) < 4.78 is 10.8. The number of fused-ring (bicyclic) bond motifs is 3. The molecule has 1 fully saturated rings. The summed E-state index contributed by atoms with van der Waals surface area (Å²) in [5.41, 5.74) is 4.58. The Morgan fingerprint density at radius 2 is 1.74 bits per heavy atom. The number of carbonyl (C=O) groups is 3. The van der Waals surface area contributed by atoms with Gasteiger partial charge in [0.25, 0.3) is 0 Å². The average Bonchev–Trinajstić information content (AvgIpc) is 3.44. The molecule has 2 aliphatic rings. The molecule has 0 aromatic heterocycles. The van der Waals surface area contributed by atoms with Crippen molar-refractivity contribution in [3.05, 3.63) is 59.7 Å². The summed E-state index contributed by atoms with van der Waals surface area (Å²) in [6.07, 6.45) is 1.28. The number of amides is 2. The average molecular weight is 481 g/mol. The Morgan fingerprint density at radius 3 is 2.37 bits per heavy atom. The Balaban J connectivity index is 1.34. The fourth-order valence-corrected chi connectivity index (χ4v) is 4.95. The van der Waals surface area contributed by atoms with Crippen molar-refractivity contribution in [1.82, 2.24) is 10.6 Å². The first-order chi connectivity index (χ1) is 17.0. The standard InChI is InChI=1S/C27H32N2O6/c1-2-3-8-17(15-24(30)29-23-13-14-34-25(23)26(31)32)28-27(33)35-16-22-20-11-6-4-9-18(20)19-10-5-7-12-21(19)22/h4-7,9-12,17,22-23,25H,2-3,8,13-16H2,1H3,(H,28,33)(H,29,30)(H,31,32)/t17-,23-,25+/m1/s1. The lowest BCUT2D eigenvalue weighted by Gasteiger charge is -2.21. The lowest BCUT2D eigenvalue weighted by atomic mass is 9.98. The van der Waals surface area contributed by atoms with Crippen molar-refractivity contribution in [2.75, 3.05) is 13.2 Å². The first-order valence-electron chi connectivity index (χ1n) is 12.2. The van der Waals surface area contributed by atoms with Crippen LogP contribution < -0.4 is 10.6 Å². The second kappa shape index (κ2) is 11.4. The number of aliphatic carboxylic acids is 1. The van der Waals surface area contributed by atoms with Gasteiger partial charge in [-0.15, -0.1) is 0 Å². The van der Waals surface area contributed by atoms with E-state index < -0.39 is 30.3 Å². The summed E-state index contributed by atoms with van der Waals surface area (Å²) in [6.45, 7) is 2.53. The predicted octanol–water partition coefficient (Wildman–Crippen LogP) is 3.83. The van der Waals surface area contributed by atoms with Crippen LogP contribution in [0.3, 0.4) is 0 Å². The first-order valence-corrected chi connectivity index (χ1v) is 12.2. The normalized spacial score (nSPS) is 19.5. The highest BCUT2D eigenvalue weighted by Crippen LogP contribution is 2.44. The minimum absolute atomic E-state index is 0.0409. The topological polar surface area (TPSA) is 114 Å². The van der Waals surface area contributed by atoms with Crippen LogP contribution in [0.4, 0.5) is 4.79 Å². The highest BCUT2D eigenvalue weighted by Gasteiger charge is 2.35. The van der Waals surface area contributed by atoms with E-state index in [0.717, 1.165) is 35.1 Å². The van der Waals surface area contributed by atoms with E-state index in [4.69, 9.17) is 9.47 Å². The van der Waals surface area contributed by atoms with Gasteiger partial charge in [-0.2, -0.15) is 0 Å². The summed E-state index contributed by atoms with van der Waals surface area (Å²) in [4.78, 5) is 36.6. The van der Waals surface area contributed by atoms with Gasteiger partial charge in [0.05, 0.1) is 6.04 Å². The molecule has 1 aliphatic carbocycles. The van der Waals surface area contributed by atoms with Crippen LogP contribution in [0.1, 0.15) is 56.1 Å². The van der Waals surface area contributed by atoms with Crippen LogP contribution in [0.5, 0.6) is 0 Å². The summed E-state index contributed by atoms with van der Waals surface area (Å²) in [7, 11) is 0. The molecule has 3 atom stereocenters. The fourth-order valence-electron chi connectivity index (χ4n) is 4.95. The molecule has 3 N–H and O–H groups in total. The van der Waals surface area contributed by atoms with Crippen molar-refractivity contribution < 1.29 is 29.0 Å². The number of hydrogen-bond donors (Lipinski definition) is 3. The SMILES string of the molecule is CCCC[C@H](CC(=O)N[C@@H]1CCO[C@@H]1C(=O)O)NC(=O)OCC1c2ccccc2-c2ccccc21. The molecule has 0 bridgehead atoms. The summed E-state index contributed by atoms with van der Waals surface area (Å²) in [5, 5.41) is 14.8. The maximum Gasteiger partial charge on any atom is 0.407 e. The van der Waals surface area contributed by atoms with Gasteiger partial charge in [0.2, 0.25) is 5.91 Å². The molecule has 2 aromatic rings. The van der Waals surface area contributed by atoms with E-state index >= 15 is 0 Å². The van der Waals surface area contributed by atoms with Crippen LogP contribution >= 0.6 is 0 Å². The molecule has 1 aliphatic heterocycles. The van der Waals surface area contributed by atoms with Crippen LogP contribution in [0.2, 0.25) is 0 Å². The molecule has 2 amide bonds. The number of nitrogens with one attached hydrogen (secondary N) is 2. The van der Waals surface area contributed by atoms with Gasteiger partial charge in [-0.1, -0.05) is 68.3 Å². The zero-order valence-electron chi connectivity index (χ0n) is 19.9. The van der Waals surface area contributed by atoms with Crippen LogP contribution in [-0.2, 0) is 19.1 Å². The van der Waals surface area contributed by atoms with Crippen molar-refractivity contribution in [3.8, 4) is 11.1 Å². The molecule has 8 heteroatoms. The molecule has 8 nitrogen and oxygen atoms in total. The zero-order valence-corrected chi connectivity index (χ0v) is 19.9. The van der Waals surface area contributed by atoms with E-state index in [2.05, 4.69) is 34.9 Å². The number of rotatable bonds is 10. The van der Waals surface area contributed by atoms with Crippen LogP contribution in [-0.4, -0.2) is 54.5 Å². The fraction of sp³-hybridized carbons (Fsp3) is 0.444. The Kier molecular flexibility index (Phi) is 8.02. The highest BCUT2D eigenvalue weighted by atomic mass is 16.5. The van der Waals surface area contributed by atoms with Crippen molar-refractivity contribution in [3.63, 3.8) is 0 Å². The zero-order chi connectivity index (χ0) is 24.8. The number of benzene rings is 2. The third-order valence-electron chi connectivity index (χ3n) is 6.69. The van der Waals surface area contributed by atoms with E-state index in [1.807, 2.05) is 31.2 Å². The van der Waals surface area contributed by atoms with E-state index in [9.17, 15) is 19.5 Å². The number of hydrogen-bond acceptors (Lipinski definition) is 5. The van der Waals surface area contributed by atoms with Gasteiger partial charge in [-0.25, -0.2) is 9.59 Å². The lowest BCUT2D eigenvalue weighted by Crippen LogP contribution is -2.46. The first kappa shape index (κ1) is 24.7. The molecule has 35 heavy (non-hydrogen) atoms. The number of ether oxygens (including phenoxy) is 2. The highest BCUT2D eigenvalue weighted by molar-refractivity contribution is 5.81. The lowest BCUT2D eigenvalue weighted by molar-refractivity contribution is -0.148. The van der Waals surface area contributed by atoms with Gasteiger partial charge in [-0.3, -0.25) is 4.79 Å². The Bertz CT molecular complexity index is 1030. The summed E-state index contributed by atoms with van der Waals surface area (Å²) in [5.74, 6) is -1.44. The molecule has 186 valence electrons. The van der Waals surface area contributed by atoms with Crippen LogP contribution in [0.15, 0.2) is 48.5 Å². The van der Waals surface area contributed by atoms with E-state index in [-0.39, 0.29) is 24.9 Å². The van der Waals surface area contributed by atoms with Crippen molar-refractivity contribution in [2.45, 2.75) is 63.1 Å². The molecular formula is C27H32N2O6. The van der Waals surface area contributed by atoms with Crippen LogP contribution in [0.25, 0.3) is 11.1 Å². The van der Waals surface area contributed by atoms with Gasteiger partial charge in [-0.05, 0) is 35.1 Å². The number of unbranched alkanes of at least 4 members (excludes halogenated alkanes) is 1. The molecule has 0 unspecified atom stereocenters. The largest absolute Gasteiger partial charge is 0.479 e. The van der Waals surface area contributed by atoms with E-state index in [0.29, 0.717) is 19.4 Å². The summed E-state index contributed by atoms with van der Waals surface area (Å²) >= 11 is 0. The monoisotopic (exact) mass is 480 g/mol. The Morgan fingerprint density at radius 1 is 1.09 bits per heavy atom. The molecule has 0 spiro atoms. The molecular weight excluding hydrogens is 448 g/mol. The number of carbonyl (C=O) groups excluding carboxylic acids is 2. The summed E-state index contributed by atoms with van der Waals surface area (Å²) in [6, 6.07) is 15.3. The molecule has 0 radical (unpaired) electrons. The predicted molar refractivity (Wildman–Crippen MR) is 130 cm³/mol. The van der Waals surface area contributed by atoms with E-state index in [1.54, 1.807) is 0 Å². The van der Waals surface area contributed by atoms with Crippen molar-refractivity contribution in [2.24, 2.45) is 0 Å². The van der Waals surface area contributed by atoms with Gasteiger partial charge in [0.15, 0.2) is 6.10 Å². The molecule has 1 heterocycles. The molecule has 1 saturated heterocycles. The Labute approximate surface area is 205 Å². The van der Waals surface area contributed by atoms with Gasteiger partial charge in [0, 0.05) is 25.0 Å². The van der Waals surface area contributed by atoms with E-state index in [1.165, 1.54) is 0 Å². The molecule has 2 aromatic carbocycles. The van der Waals surface area contributed by atoms with Gasteiger partial charge >= 0.3 is 12.1 Å². The number of carboxylic acids is 1. The third kappa shape index (κ3) is 5.82. The smallest absolute Gasteiger partial charge is 0.407 e. The second-order valence-electron chi connectivity index (χ2n) is 9.11. The quantitative estimate of drug-likeness (QED) is 0.476. The van der Waals surface area contributed by atoms with Gasteiger partial charge in [0.1, 0.15) is 6.61 Å². The van der Waals surface area contributed by atoms with Crippen molar-refractivity contribution in [1.29, 1.82) is 0 Å². The molecule has 4 rings (SSSR count). The molecule has 0 saturated carbocycles. The maximum absolute atomic E-state index is 12.7. The Hall–Kier alpha value is -3.39. The maximum atomic E-state index is 12.7. The minimum atomic E-state index is -1.09.